The lowest BCUT2D eigenvalue weighted by Gasteiger charge is -2.19. The van der Waals surface area contributed by atoms with Crippen molar-refractivity contribution >= 4 is 34.2 Å². The second-order valence-electron chi connectivity index (χ2n) is 6.49. The van der Waals surface area contributed by atoms with Crippen LogP contribution in [0.25, 0.3) is 22.3 Å². The van der Waals surface area contributed by atoms with Crippen LogP contribution in [0.5, 0.6) is 0 Å². The van der Waals surface area contributed by atoms with E-state index in [0.29, 0.717) is 22.6 Å². The Kier molecular flexibility index (Phi) is 5.40. The molecular weight excluding hydrogens is 420 g/mol. The molecule has 0 saturated carbocycles. The lowest BCUT2D eigenvalue weighted by Crippen LogP contribution is -2.19. The first kappa shape index (κ1) is 19.6. The van der Waals surface area contributed by atoms with Crippen LogP contribution in [0.15, 0.2) is 42.9 Å². The number of hydrogen-bond donors (Lipinski definition) is 0. The molecule has 29 heavy (non-hydrogen) atoms. The first-order valence-corrected chi connectivity index (χ1v) is 9.50. The van der Waals surface area contributed by atoms with Crippen molar-refractivity contribution in [1.82, 2.24) is 24.7 Å². The number of nitrogens with zero attached hydrogens (tertiary/aromatic N) is 5. The van der Waals surface area contributed by atoms with E-state index in [1.807, 2.05) is 18.4 Å². The van der Waals surface area contributed by atoms with Crippen molar-refractivity contribution in [3.05, 3.63) is 64.9 Å². The number of allylic oxidation sites excluding steroid dienone is 2. The van der Waals surface area contributed by atoms with Gasteiger partial charge < -0.3 is 9.40 Å². The van der Waals surface area contributed by atoms with Gasteiger partial charge in [-0.25, -0.2) is 24.2 Å². The molecule has 0 radical (unpaired) electrons. The average molecular weight is 436 g/mol. The van der Waals surface area contributed by atoms with E-state index in [4.69, 9.17) is 32.9 Å². The van der Waals surface area contributed by atoms with Crippen molar-refractivity contribution in [2.45, 2.75) is 26.5 Å². The highest BCUT2D eigenvalue weighted by Crippen LogP contribution is 2.32. The van der Waals surface area contributed by atoms with Gasteiger partial charge in [-0.05, 0) is 49.7 Å². The largest absolute Gasteiger partial charge is 0.362 e. The molecule has 0 atom stereocenters. The Morgan fingerprint density at radius 3 is 2.76 bits per heavy atom. The topological polar surface area (TPSA) is 65.3 Å². The minimum atomic E-state index is -0.499. The summed E-state index contributed by atoms with van der Waals surface area (Å²) in [5, 5.41) is 1.50. The lowest BCUT2D eigenvalue weighted by molar-refractivity contribution is -0.317. The van der Waals surface area contributed by atoms with Crippen LogP contribution < -0.4 is 0 Å². The van der Waals surface area contributed by atoms with Gasteiger partial charge in [0.25, 0.3) is 0 Å². The summed E-state index contributed by atoms with van der Waals surface area (Å²) in [7, 11) is 0. The van der Waals surface area contributed by atoms with Gasteiger partial charge in [0.1, 0.15) is 24.2 Å². The highest BCUT2D eigenvalue weighted by atomic mass is 35.5. The second-order valence-corrected chi connectivity index (χ2v) is 7.23. The Bertz CT molecular complexity index is 1130. The summed E-state index contributed by atoms with van der Waals surface area (Å²) in [5.74, 6) is 0.0467. The average Bonchev–Trinajstić information content (AvgIpc) is 3.08. The van der Waals surface area contributed by atoms with E-state index in [1.54, 1.807) is 24.4 Å². The SMILES string of the molecule is CC(C)n1c(CON2C=CC=CO2)nc2c(F)cc(-c3nc(Cl)ncc3Cl)cc21. The fraction of sp³-hybridized carbons (Fsp3) is 0.211. The van der Waals surface area contributed by atoms with Crippen LogP contribution in [-0.2, 0) is 16.3 Å². The number of hydroxylamine groups is 2. The molecule has 0 unspecified atom stereocenters. The summed E-state index contributed by atoms with van der Waals surface area (Å²) in [4.78, 5) is 23.2. The lowest BCUT2D eigenvalue weighted by atomic mass is 10.1. The molecule has 0 spiro atoms. The molecule has 0 fully saturated rings. The number of aromatic nitrogens is 4. The number of halogens is 3. The van der Waals surface area contributed by atoms with Crippen molar-refractivity contribution in [1.29, 1.82) is 0 Å². The number of rotatable bonds is 5. The van der Waals surface area contributed by atoms with Crippen LogP contribution in [-0.4, -0.2) is 24.7 Å². The van der Waals surface area contributed by atoms with Gasteiger partial charge in [-0.2, -0.15) is 0 Å². The maximum Gasteiger partial charge on any atom is 0.222 e. The van der Waals surface area contributed by atoms with Crippen molar-refractivity contribution in [2.24, 2.45) is 0 Å². The minimum absolute atomic E-state index is 0.00424. The van der Waals surface area contributed by atoms with E-state index < -0.39 is 5.82 Å². The van der Waals surface area contributed by atoms with Gasteiger partial charge >= 0.3 is 0 Å². The van der Waals surface area contributed by atoms with Gasteiger partial charge in [0, 0.05) is 11.6 Å². The third-order valence-electron chi connectivity index (χ3n) is 4.21. The quantitative estimate of drug-likeness (QED) is 0.511. The molecule has 1 aliphatic heterocycles. The Hall–Kier alpha value is -2.68. The Balaban J connectivity index is 1.77. The summed E-state index contributed by atoms with van der Waals surface area (Å²) >= 11 is 12.1. The zero-order chi connectivity index (χ0) is 20.5. The van der Waals surface area contributed by atoms with Crippen molar-refractivity contribution in [2.75, 3.05) is 0 Å². The Labute approximate surface area is 175 Å². The number of imidazole rings is 1. The van der Waals surface area contributed by atoms with E-state index in [9.17, 15) is 4.39 Å². The van der Waals surface area contributed by atoms with Crippen LogP contribution in [0, 0.1) is 5.82 Å². The van der Waals surface area contributed by atoms with E-state index in [-0.39, 0.29) is 28.5 Å². The maximum atomic E-state index is 14.9. The van der Waals surface area contributed by atoms with Gasteiger partial charge in [0.15, 0.2) is 5.82 Å². The molecule has 1 aliphatic rings. The molecule has 0 bridgehead atoms. The van der Waals surface area contributed by atoms with E-state index in [0.717, 1.165) is 0 Å². The van der Waals surface area contributed by atoms with Crippen molar-refractivity contribution in [3.8, 4) is 11.3 Å². The third-order valence-corrected chi connectivity index (χ3v) is 4.67. The molecule has 1 aromatic carbocycles. The summed E-state index contributed by atoms with van der Waals surface area (Å²) in [6.45, 7) is 4.04. The van der Waals surface area contributed by atoms with E-state index in [1.165, 1.54) is 23.8 Å². The smallest absolute Gasteiger partial charge is 0.222 e. The monoisotopic (exact) mass is 435 g/mol. The van der Waals surface area contributed by atoms with Crippen molar-refractivity contribution < 1.29 is 14.1 Å². The number of hydrogen-bond acceptors (Lipinski definition) is 6. The summed E-state index contributed by atoms with van der Waals surface area (Å²) in [5.41, 5.74) is 1.65. The molecule has 150 valence electrons. The van der Waals surface area contributed by atoms with E-state index in [2.05, 4.69) is 15.0 Å². The zero-order valence-electron chi connectivity index (χ0n) is 15.5. The fourth-order valence-electron chi connectivity index (χ4n) is 3.05. The predicted molar refractivity (Wildman–Crippen MR) is 107 cm³/mol. The summed E-state index contributed by atoms with van der Waals surface area (Å²) in [6, 6.07) is 3.10. The van der Waals surface area contributed by atoms with Crippen LogP contribution in [0.4, 0.5) is 4.39 Å². The number of fused-ring (bicyclic) bond motifs is 1. The molecule has 4 rings (SSSR count). The minimum Gasteiger partial charge on any atom is -0.362 e. The van der Waals surface area contributed by atoms with Gasteiger partial charge in [-0.15, -0.1) is 0 Å². The molecule has 0 amide bonds. The van der Waals surface area contributed by atoms with Gasteiger partial charge in [0.05, 0.1) is 28.6 Å². The molecule has 0 aliphatic carbocycles. The highest BCUT2D eigenvalue weighted by molar-refractivity contribution is 6.33. The molecule has 0 N–H and O–H groups in total. The molecule has 10 heteroatoms. The first-order valence-electron chi connectivity index (χ1n) is 8.75. The Morgan fingerprint density at radius 2 is 2.03 bits per heavy atom. The van der Waals surface area contributed by atoms with E-state index >= 15 is 0 Å². The van der Waals surface area contributed by atoms with Gasteiger partial charge in [0.2, 0.25) is 5.28 Å². The third kappa shape index (κ3) is 3.91. The molecule has 0 saturated heterocycles. The number of benzene rings is 1. The Morgan fingerprint density at radius 1 is 1.21 bits per heavy atom. The van der Waals surface area contributed by atoms with Crippen LogP contribution in [0.2, 0.25) is 10.3 Å². The molecule has 2 aromatic heterocycles. The van der Waals surface area contributed by atoms with Crippen LogP contribution >= 0.6 is 23.2 Å². The predicted octanol–water partition coefficient (Wildman–Crippen LogP) is 5.23. The van der Waals surface area contributed by atoms with Crippen LogP contribution in [0.3, 0.4) is 0 Å². The van der Waals surface area contributed by atoms with Crippen molar-refractivity contribution in [3.63, 3.8) is 0 Å². The zero-order valence-corrected chi connectivity index (χ0v) is 17.0. The van der Waals surface area contributed by atoms with Crippen LogP contribution in [0.1, 0.15) is 25.7 Å². The molecule has 3 aromatic rings. The fourth-order valence-corrected chi connectivity index (χ4v) is 3.39. The maximum absolute atomic E-state index is 14.9. The molecular formula is C19H16Cl2FN5O2. The standard InChI is InChI=1S/C19H16Cl2FN5O2/c1-11(2)27-15-8-12(17-13(20)9-23-19(21)25-17)7-14(22)18(15)24-16(27)10-29-26-5-3-4-6-28-26/h3-9,11H,10H2,1-2H3. The summed E-state index contributed by atoms with van der Waals surface area (Å²) < 4.78 is 16.8. The molecule has 3 heterocycles. The molecule has 7 nitrogen and oxygen atoms in total. The van der Waals surface area contributed by atoms with Gasteiger partial charge in [-0.3, -0.25) is 0 Å². The highest BCUT2D eigenvalue weighted by Gasteiger charge is 2.20. The normalized spacial score (nSPS) is 13.5. The summed E-state index contributed by atoms with van der Waals surface area (Å²) in [6.07, 6.45) is 7.96. The van der Waals surface area contributed by atoms with Gasteiger partial charge in [-0.1, -0.05) is 16.8 Å². The second kappa shape index (κ2) is 7.98. The first-order chi connectivity index (χ1) is 13.9.